The fourth-order valence-corrected chi connectivity index (χ4v) is 5.81. The van der Waals surface area contributed by atoms with Crippen molar-refractivity contribution in [3.63, 3.8) is 0 Å². The second kappa shape index (κ2) is 7.52. The van der Waals surface area contributed by atoms with Crippen LogP contribution in [0.25, 0.3) is 0 Å². The van der Waals surface area contributed by atoms with Gasteiger partial charge in [0.05, 0.1) is 49.5 Å². The van der Waals surface area contributed by atoms with Gasteiger partial charge in [-0.3, -0.25) is 0 Å². The first kappa shape index (κ1) is 20.4. The molecule has 6 nitrogen and oxygen atoms in total. The van der Waals surface area contributed by atoms with Gasteiger partial charge < -0.3 is 19.3 Å². The van der Waals surface area contributed by atoms with Crippen LogP contribution in [0.3, 0.4) is 0 Å². The molecular formula is C28H30N4O2. The molecule has 0 aliphatic carbocycles. The molecule has 174 valence electrons. The van der Waals surface area contributed by atoms with Gasteiger partial charge in [0.2, 0.25) is 5.95 Å². The summed E-state index contributed by atoms with van der Waals surface area (Å²) in [5.74, 6) is 0.874. The van der Waals surface area contributed by atoms with Gasteiger partial charge in [0.25, 0.3) is 0 Å². The molecule has 0 amide bonds. The molecule has 1 aromatic heterocycles. The molecule has 4 aliphatic heterocycles. The lowest BCUT2D eigenvalue weighted by atomic mass is 9.73. The van der Waals surface area contributed by atoms with Gasteiger partial charge in [-0.15, -0.1) is 0 Å². The summed E-state index contributed by atoms with van der Waals surface area (Å²) in [7, 11) is 0. The lowest BCUT2D eigenvalue weighted by Gasteiger charge is -2.55. The van der Waals surface area contributed by atoms with Crippen LogP contribution in [0.15, 0.2) is 54.7 Å². The standard InChI is InChI=1S/C28H30N4O2/c1-20-2-4-22(5-3-20)28(18-34-19-28)23-6-8-24(9-7-23)31-11-10-21-12-29-26(30-25(21)13-31)32-14-27(15-32)16-33-17-27/h2-9,12H,10-11,13-19H2,1H3. The Morgan fingerprint density at radius 3 is 2.12 bits per heavy atom. The SMILES string of the molecule is Cc1ccc(C2(c3ccc(N4CCc5cnc(N6CC7(COC7)C6)nc5C4)cc3)COC2)cc1. The van der Waals surface area contributed by atoms with Crippen LogP contribution in [0.5, 0.6) is 0 Å². The highest BCUT2D eigenvalue weighted by Crippen LogP contribution is 2.41. The molecule has 3 saturated heterocycles. The molecule has 4 aliphatic rings. The molecule has 0 radical (unpaired) electrons. The third-order valence-electron chi connectivity index (χ3n) is 8.17. The van der Waals surface area contributed by atoms with Crippen LogP contribution >= 0.6 is 0 Å². The van der Waals surface area contributed by atoms with E-state index in [0.29, 0.717) is 5.41 Å². The van der Waals surface area contributed by atoms with Crippen molar-refractivity contribution in [2.45, 2.75) is 25.3 Å². The van der Waals surface area contributed by atoms with E-state index in [1.54, 1.807) is 0 Å². The number of fused-ring (bicyclic) bond motifs is 1. The Kier molecular flexibility index (Phi) is 4.52. The maximum absolute atomic E-state index is 5.70. The molecule has 7 rings (SSSR count). The predicted octanol–water partition coefficient (Wildman–Crippen LogP) is 3.50. The summed E-state index contributed by atoms with van der Waals surface area (Å²) in [4.78, 5) is 14.4. The number of hydrogen-bond acceptors (Lipinski definition) is 6. The molecule has 0 N–H and O–H groups in total. The van der Waals surface area contributed by atoms with E-state index in [2.05, 4.69) is 70.2 Å². The monoisotopic (exact) mass is 454 g/mol. The Morgan fingerprint density at radius 1 is 0.824 bits per heavy atom. The lowest BCUT2D eigenvalue weighted by Crippen LogP contribution is -2.66. The Labute approximate surface area is 200 Å². The van der Waals surface area contributed by atoms with E-state index in [1.807, 2.05) is 6.20 Å². The molecule has 5 heterocycles. The van der Waals surface area contributed by atoms with E-state index >= 15 is 0 Å². The maximum Gasteiger partial charge on any atom is 0.225 e. The van der Waals surface area contributed by atoms with Crippen LogP contribution in [-0.2, 0) is 27.9 Å². The molecule has 3 fully saturated rings. The Balaban J connectivity index is 1.09. The van der Waals surface area contributed by atoms with Crippen molar-refractivity contribution in [3.8, 4) is 0 Å². The fraction of sp³-hybridized carbons (Fsp3) is 0.429. The lowest BCUT2D eigenvalue weighted by molar-refractivity contribution is -0.127. The van der Waals surface area contributed by atoms with Gasteiger partial charge in [-0.1, -0.05) is 42.0 Å². The molecule has 3 aromatic rings. The van der Waals surface area contributed by atoms with Crippen LogP contribution in [0.4, 0.5) is 11.6 Å². The Bertz CT molecular complexity index is 1210. The van der Waals surface area contributed by atoms with Crippen molar-refractivity contribution in [1.82, 2.24) is 9.97 Å². The number of hydrogen-bond donors (Lipinski definition) is 0. The average Bonchev–Trinajstić information content (AvgIpc) is 2.78. The van der Waals surface area contributed by atoms with Crippen LogP contribution in [-0.4, -0.2) is 56.0 Å². The summed E-state index contributed by atoms with van der Waals surface area (Å²) in [6.07, 6.45) is 3.03. The normalized spacial score (nSPS) is 21.9. The van der Waals surface area contributed by atoms with E-state index in [9.17, 15) is 0 Å². The number of aryl methyl sites for hydroxylation is 1. The highest BCUT2D eigenvalue weighted by Gasteiger charge is 2.50. The van der Waals surface area contributed by atoms with Gasteiger partial charge in [0, 0.05) is 31.5 Å². The number of benzene rings is 2. The molecule has 1 spiro atoms. The van der Waals surface area contributed by atoms with E-state index in [-0.39, 0.29) is 5.41 Å². The zero-order chi connectivity index (χ0) is 22.8. The van der Waals surface area contributed by atoms with Gasteiger partial charge in [0.15, 0.2) is 0 Å². The first-order valence-corrected chi connectivity index (χ1v) is 12.3. The fourth-order valence-electron chi connectivity index (χ4n) is 5.81. The number of rotatable bonds is 4. The van der Waals surface area contributed by atoms with Crippen LogP contribution in [0.1, 0.15) is 27.9 Å². The highest BCUT2D eigenvalue weighted by atomic mass is 16.5. The number of nitrogens with zero attached hydrogens (tertiary/aromatic N) is 4. The topological polar surface area (TPSA) is 50.7 Å². The third-order valence-corrected chi connectivity index (χ3v) is 8.17. The van der Waals surface area contributed by atoms with Crippen molar-refractivity contribution in [3.05, 3.63) is 82.7 Å². The van der Waals surface area contributed by atoms with Crippen molar-refractivity contribution in [2.24, 2.45) is 5.41 Å². The average molecular weight is 455 g/mol. The number of anilines is 2. The van der Waals surface area contributed by atoms with Crippen molar-refractivity contribution in [1.29, 1.82) is 0 Å². The number of aromatic nitrogens is 2. The van der Waals surface area contributed by atoms with Crippen LogP contribution in [0.2, 0.25) is 0 Å². The quantitative estimate of drug-likeness (QED) is 0.602. The third kappa shape index (κ3) is 3.16. The molecule has 0 unspecified atom stereocenters. The zero-order valence-corrected chi connectivity index (χ0v) is 19.7. The van der Waals surface area contributed by atoms with Crippen molar-refractivity contribution < 1.29 is 9.47 Å². The minimum Gasteiger partial charge on any atom is -0.380 e. The van der Waals surface area contributed by atoms with E-state index < -0.39 is 0 Å². The van der Waals surface area contributed by atoms with Gasteiger partial charge in [0.1, 0.15) is 0 Å². The predicted molar refractivity (Wildman–Crippen MR) is 131 cm³/mol. The zero-order valence-electron chi connectivity index (χ0n) is 19.7. The van der Waals surface area contributed by atoms with Crippen molar-refractivity contribution in [2.75, 3.05) is 55.9 Å². The molecule has 0 saturated carbocycles. The van der Waals surface area contributed by atoms with Gasteiger partial charge >= 0.3 is 0 Å². The first-order valence-electron chi connectivity index (χ1n) is 12.3. The van der Waals surface area contributed by atoms with E-state index in [1.165, 1.54) is 27.9 Å². The summed E-state index contributed by atoms with van der Waals surface area (Å²) in [5.41, 5.74) is 8.01. The second-order valence-corrected chi connectivity index (χ2v) is 10.7. The van der Waals surface area contributed by atoms with Crippen LogP contribution in [0, 0.1) is 12.3 Å². The van der Waals surface area contributed by atoms with E-state index in [0.717, 1.165) is 70.7 Å². The second-order valence-electron chi connectivity index (χ2n) is 10.7. The molecule has 34 heavy (non-hydrogen) atoms. The Morgan fingerprint density at radius 2 is 1.50 bits per heavy atom. The summed E-state index contributed by atoms with van der Waals surface area (Å²) >= 11 is 0. The Hall–Kier alpha value is -2.96. The molecule has 6 heteroatoms. The van der Waals surface area contributed by atoms with Crippen molar-refractivity contribution >= 4 is 11.6 Å². The molecule has 0 atom stereocenters. The number of ether oxygens (including phenoxy) is 2. The largest absolute Gasteiger partial charge is 0.380 e. The first-order chi connectivity index (χ1) is 16.6. The smallest absolute Gasteiger partial charge is 0.225 e. The molecule has 2 aromatic carbocycles. The van der Waals surface area contributed by atoms with Gasteiger partial charge in [-0.05, 0) is 42.2 Å². The van der Waals surface area contributed by atoms with E-state index in [4.69, 9.17) is 14.5 Å². The summed E-state index contributed by atoms with van der Waals surface area (Å²) in [6.45, 7) is 9.25. The summed E-state index contributed by atoms with van der Waals surface area (Å²) < 4.78 is 11.1. The van der Waals surface area contributed by atoms with Gasteiger partial charge in [-0.2, -0.15) is 0 Å². The maximum atomic E-state index is 5.70. The van der Waals surface area contributed by atoms with Crippen LogP contribution < -0.4 is 9.80 Å². The molecule has 0 bridgehead atoms. The molecular weight excluding hydrogens is 424 g/mol. The highest BCUT2D eigenvalue weighted by molar-refractivity contribution is 5.53. The summed E-state index contributed by atoms with van der Waals surface area (Å²) in [6, 6.07) is 18.0. The summed E-state index contributed by atoms with van der Waals surface area (Å²) in [5, 5.41) is 0. The minimum atomic E-state index is -0.0249. The van der Waals surface area contributed by atoms with Gasteiger partial charge in [-0.25, -0.2) is 9.97 Å². The minimum absolute atomic E-state index is 0.0249.